The molecule has 0 spiro atoms. The molecule has 1 atom stereocenters. The van der Waals surface area contributed by atoms with Gasteiger partial charge >= 0.3 is 0 Å². The molecule has 0 bridgehead atoms. The van der Waals surface area contributed by atoms with E-state index < -0.39 is 0 Å². The summed E-state index contributed by atoms with van der Waals surface area (Å²) in [6.07, 6.45) is 1.50. The second-order valence-corrected chi connectivity index (χ2v) is 4.27. The highest BCUT2D eigenvalue weighted by molar-refractivity contribution is 6.32. The molecule has 0 aromatic heterocycles. The minimum atomic E-state index is -0.294. The van der Waals surface area contributed by atoms with E-state index in [1.165, 1.54) is 0 Å². The average molecular weight is 244 g/mol. The van der Waals surface area contributed by atoms with E-state index in [1.807, 2.05) is 6.92 Å². The van der Waals surface area contributed by atoms with Gasteiger partial charge in [-0.3, -0.25) is 0 Å². The third-order valence-electron chi connectivity index (χ3n) is 2.34. The fourth-order valence-electron chi connectivity index (χ4n) is 1.48. The molecule has 16 heavy (non-hydrogen) atoms. The van der Waals surface area contributed by atoms with Crippen molar-refractivity contribution in [1.29, 1.82) is 0 Å². The van der Waals surface area contributed by atoms with Crippen molar-refractivity contribution >= 4 is 11.6 Å². The van der Waals surface area contributed by atoms with E-state index in [-0.39, 0.29) is 11.9 Å². The normalized spacial score (nSPS) is 12.7. The summed E-state index contributed by atoms with van der Waals surface area (Å²) in [7, 11) is 0. The smallest absolute Gasteiger partial charge is 0.134 e. The lowest BCUT2D eigenvalue weighted by Gasteiger charge is -2.10. The molecule has 0 heterocycles. The van der Waals surface area contributed by atoms with Crippen LogP contribution in [0, 0.1) is 0 Å². The fraction of sp³-hybridized carbons (Fsp3) is 0.500. The van der Waals surface area contributed by atoms with Crippen molar-refractivity contribution < 1.29 is 10.2 Å². The molecule has 0 aliphatic rings. The average Bonchev–Trinajstić information content (AvgIpc) is 2.24. The Morgan fingerprint density at radius 2 is 2.19 bits per heavy atom. The first-order valence-electron chi connectivity index (χ1n) is 5.49. The minimum absolute atomic E-state index is 0.0939. The van der Waals surface area contributed by atoms with Gasteiger partial charge in [0.1, 0.15) is 5.75 Å². The van der Waals surface area contributed by atoms with Gasteiger partial charge in [-0.2, -0.15) is 0 Å². The van der Waals surface area contributed by atoms with Crippen LogP contribution in [-0.2, 0) is 6.54 Å². The molecule has 1 unspecified atom stereocenters. The first-order valence-corrected chi connectivity index (χ1v) is 5.87. The number of aliphatic hydroxyl groups excluding tert-OH is 1. The SMILES string of the molecule is CCCC(O)CNCc1ccc(O)c(Cl)c1. The molecule has 0 fully saturated rings. The molecule has 1 aromatic rings. The van der Waals surface area contributed by atoms with Crippen LogP contribution in [0.2, 0.25) is 5.02 Å². The molecule has 3 nitrogen and oxygen atoms in total. The molecule has 3 N–H and O–H groups in total. The first-order chi connectivity index (χ1) is 7.63. The lowest BCUT2D eigenvalue weighted by atomic mass is 10.2. The lowest BCUT2D eigenvalue weighted by molar-refractivity contribution is 0.160. The Labute approximate surface area is 101 Å². The van der Waals surface area contributed by atoms with Crippen molar-refractivity contribution in [2.24, 2.45) is 0 Å². The van der Waals surface area contributed by atoms with Crippen LogP contribution in [0.4, 0.5) is 0 Å². The third kappa shape index (κ3) is 4.39. The van der Waals surface area contributed by atoms with E-state index in [4.69, 9.17) is 11.6 Å². The van der Waals surface area contributed by atoms with Crippen LogP contribution < -0.4 is 5.32 Å². The molecule has 1 aromatic carbocycles. The zero-order chi connectivity index (χ0) is 12.0. The standard InChI is InChI=1S/C12H18ClNO2/c1-2-3-10(15)8-14-7-9-4-5-12(16)11(13)6-9/h4-6,10,14-16H,2-3,7-8H2,1H3. The molecule has 0 aliphatic heterocycles. The van der Waals surface area contributed by atoms with Gasteiger partial charge in [0, 0.05) is 13.1 Å². The fourth-order valence-corrected chi connectivity index (χ4v) is 1.68. The third-order valence-corrected chi connectivity index (χ3v) is 2.65. The largest absolute Gasteiger partial charge is 0.506 e. The van der Waals surface area contributed by atoms with Crippen LogP contribution in [0.25, 0.3) is 0 Å². The van der Waals surface area contributed by atoms with E-state index in [2.05, 4.69) is 5.32 Å². The summed E-state index contributed by atoms with van der Waals surface area (Å²) >= 11 is 5.78. The quantitative estimate of drug-likeness (QED) is 0.719. The summed E-state index contributed by atoms with van der Waals surface area (Å²) in [6, 6.07) is 5.10. The zero-order valence-electron chi connectivity index (χ0n) is 9.41. The predicted molar refractivity (Wildman–Crippen MR) is 65.7 cm³/mol. The van der Waals surface area contributed by atoms with Crippen LogP contribution in [0.5, 0.6) is 5.75 Å². The molecule has 1 rings (SSSR count). The molecule has 4 heteroatoms. The van der Waals surface area contributed by atoms with Gasteiger partial charge < -0.3 is 15.5 Å². The van der Waals surface area contributed by atoms with Crippen LogP contribution in [0.1, 0.15) is 25.3 Å². The van der Waals surface area contributed by atoms with Crippen molar-refractivity contribution in [2.45, 2.75) is 32.4 Å². The highest BCUT2D eigenvalue weighted by atomic mass is 35.5. The number of phenols is 1. The maximum Gasteiger partial charge on any atom is 0.134 e. The van der Waals surface area contributed by atoms with E-state index in [0.29, 0.717) is 18.1 Å². The number of rotatable bonds is 6. The minimum Gasteiger partial charge on any atom is -0.506 e. The zero-order valence-corrected chi connectivity index (χ0v) is 10.2. The Balaban J connectivity index is 2.34. The van der Waals surface area contributed by atoms with Gasteiger partial charge in [-0.1, -0.05) is 31.0 Å². The van der Waals surface area contributed by atoms with Gasteiger partial charge in [0.25, 0.3) is 0 Å². The van der Waals surface area contributed by atoms with Gasteiger partial charge in [-0.05, 0) is 24.1 Å². The number of hydrogen-bond acceptors (Lipinski definition) is 3. The lowest BCUT2D eigenvalue weighted by Crippen LogP contribution is -2.26. The molecule has 0 amide bonds. The topological polar surface area (TPSA) is 52.5 Å². The summed E-state index contributed by atoms with van der Waals surface area (Å²) in [6.45, 7) is 3.26. The number of hydrogen-bond donors (Lipinski definition) is 3. The van der Waals surface area contributed by atoms with Crippen LogP contribution in [-0.4, -0.2) is 22.9 Å². The Morgan fingerprint density at radius 3 is 2.81 bits per heavy atom. The number of nitrogens with one attached hydrogen (secondary N) is 1. The van der Waals surface area contributed by atoms with Crippen LogP contribution in [0.3, 0.4) is 0 Å². The maximum absolute atomic E-state index is 9.50. The van der Waals surface area contributed by atoms with Crippen LogP contribution in [0.15, 0.2) is 18.2 Å². The van der Waals surface area contributed by atoms with E-state index in [9.17, 15) is 10.2 Å². The van der Waals surface area contributed by atoms with Gasteiger partial charge in [0.2, 0.25) is 0 Å². The van der Waals surface area contributed by atoms with E-state index >= 15 is 0 Å². The van der Waals surface area contributed by atoms with E-state index in [1.54, 1.807) is 18.2 Å². The monoisotopic (exact) mass is 243 g/mol. The summed E-state index contributed by atoms with van der Waals surface area (Å²) in [5.74, 6) is 0.0939. The highest BCUT2D eigenvalue weighted by Gasteiger charge is 2.03. The van der Waals surface area contributed by atoms with Crippen molar-refractivity contribution in [2.75, 3.05) is 6.54 Å². The second-order valence-electron chi connectivity index (χ2n) is 3.86. The van der Waals surface area contributed by atoms with Gasteiger partial charge in [0.05, 0.1) is 11.1 Å². The Kier molecular flexibility index (Phi) is 5.60. The molecular weight excluding hydrogens is 226 g/mol. The van der Waals surface area contributed by atoms with Crippen molar-refractivity contribution in [3.8, 4) is 5.75 Å². The number of phenolic OH excluding ortho intramolecular Hbond substituents is 1. The van der Waals surface area contributed by atoms with Crippen molar-refractivity contribution in [1.82, 2.24) is 5.32 Å². The number of benzene rings is 1. The molecule has 0 aliphatic carbocycles. The molecule has 0 saturated heterocycles. The van der Waals surface area contributed by atoms with Crippen molar-refractivity contribution in [3.63, 3.8) is 0 Å². The Bertz CT molecular complexity index is 331. The summed E-state index contributed by atoms with van der Waals surface area (Å²) < 4.78 is 0. The predicted octanol–water partition coefficient (Wildman–Crippen LogP) is 2.30. The van der Waals surface area contributed by atoms with Crippen molar-refractivity contribution in [3.05, 3.63) is 28.8 Å². The van der Waals surface area contributed by atoms with Gasteiger partial charge in [-0.15, -0.1) is 0 Å². The summed E-state index contributed by atoms with van der Waals surface area (Å²) in [5, 5.41) is 22.2. The van der Waals surface area contributed by atoms with Gasteiger partial charge in [0.15, 0.2) is 0 Å². The summed E-state index contributed by atoms with van der Waals surface area (Å²) in [5.41, 5.74) is 0.992. The maximum atomic E-state index is 9.50. The number of halogens is 1. The molecule has 0 radical (unpaired) electrons. The van der Waals surface area contributed by atoms with Gasteiger partial charge in [-0.25, -0.2) is 0 Å². The summed E-state index contributed by atoms with van der Waals surface area (Å²) in [4.78, 5) is 0. The molecule has 90 valence electrons. The Morgan fingerprint density at radius 1 is 1.44 bits per heavy atom. The number of aromatic hydroxyl groups is 1. The second kappa shape index (κ2) is 6.74. The van der Waals surface area contributed by atoms with E-state index in [0.717, 1.165) is 18.4 Å². The van der Waals surface area contributed by atoms with Crippen LogP contribution >= 0.6 is 11.6 Å². The number of aliphatic hydroxyl groups is 1. The molecular formula is C12H18ClNO2. The molecule has 0 saturated carbocycles. The Hall–Kier alpha value is -0.770. The first kappa shape index (κ1) is 13.3. The highest BCUT2D eigenvalue weighted by Crippen LogP contribution is 2.23.